The van der Waals surface area contributed by atoms with Crippen LogP contribution in [0.4, 0.5) is 0 Å². The first-order valence-electron chi connectivity index (χ1n) is 7.89. The van der Waals surface area contributed by atoms with Crippen molar-refractivity contribution in [1.29, 1.82) is 0 Å². The summed E-state index contributed by atoms with van der Waals surface area (Å²) in [6.07, 6.45) is 2.49. The molecule has 0 saturated heterocycles. The van der Waals surface area contributed by atoms with Crippen LogP contribution in [0.3, 0.4) is 0 Å². The van der Waals surface area contributed by atoms with Gasteiger partial charge in [-0.05, 0) is 23.6 Å². The summed E-state index contributed by atoms with van der Waals surface area (Å²) in [5.74, 6) is 0. The lowest BCUT2D eigenvalue weighted by molar-refractivity contribution is 0.663. The zero-order chi connectivity index (χ0) is 16.4. The Balaban J connectivity index is 1.66. The number of rotatable bonds is 4. The number of fused-ring (bicyclic) bond motifs is 1. The van der Waals surface area contributed by atoms with Crippen LogP contribution in [-0.2, 0) is 13.0 Å². The van der Waals surface area contributed by atoms with E-state index in [0.29, 0.717) is 6.54 Å². The van der Waals surface area contributed by atoms with Gasteiger partial charge >= 0.3 is 0 Å². The third-order valence-corrected chi connectivity index (χ3v) is 5.21. The van der Waals surface area contributed by atoms with Gasteiger partial charge in [0.05, 0.1) is 11.8 Å². The number of hydrogen-bond acceptors (Lipinski definition) is 3. The first-order valence-corrected chi connectivity index (χ1v) is 8.71. The standard InChI is InChI=1S/C20H16N2OS/c23-20-19-17(13-18(24-19)16-9-5-2-6-10-16)21-14-22(20)12-11-15-7-3-1-4-8-15/h1-10,13-14H,11-12H2. The maximum Gasteiger partial charge on any atom is 0.271 e. The maximum atomic E-state index is 12.7. The molecule has 0 fully saturated rings. The molecule has 0 saturated carbocycles. The minimum Gasteiger partial charge on any atom is -0.298 e. The predicted molar refractivity (Wildman–Crippen MR) is 99.5 cm³/mol. The van der Waals surface area contributed by atoms with Gasteiger partial charge in [-0.15, -0.1) is 11.3 Å². The highest BCUT2D eigenvalue weighted by Crippen LogP contribution is 2.30. The maximum absolute atomic E-state index is 12.7. The second-order valence-electron chi connectivity index (χ2n) is 5.67. The van der Waals surface area contributed by atoms with Crippen LogP contribution < -0.4 is 5.56 Å². The molecule has 0 bridgehead atoms. The van der Waals surface area contributed by atoms with Crippen LogP contribution in [-0.4, -0.2) is 9.55 Å². The molecule has 0 aliphatic heterocycles. The summed E-state index contributed by atoms with van der Waals surface area (Å²) >= 11 is 1.52. The van der Waals surface area contributed by atoms with E-state index in [1.54, 1.807) is 10.9 Å². The molecule has 0 unspecified atom stereocenters. The third kappa shape index (κ3) is 2.88. The molecule has 4 aromatic rings. The van der Waals surface area contributed by atoms with Crippen LogP contribution in [0.15, 0.2) is 77.9 Å². The summed E-state index contributed by atoms with van der Waals surface area (Å²) in [6, 6.07) is 22.3. The number of nitrogens with zero attached hydrogens (tertiary/aromatic N) is 2. The Morgan fingerprint density at radius 1 is 0.958 bits per heavy atom. The number of thiophene rings is 1. The molecule has 0 N–H and O–H groups in total. The zero-order valence-corrected chi connectivity index (χ0v) is 13.9. The molecule has 4 heteroatoms. The van der Waals surface area contributed by atoms with E-state index >= 15 is 0 Å². The van der Waals surface area contributed by atoms with Gasteiger partial charge in [0.25, 0.3) is 5.56 Å². The molecule has 2 aromatic heterocycles. The molecule has 0 spiro atoms. The quantitative estimate of drug-likeness (QED) is 0.556. The number of aryl methyl sites for hydroxylation is 2. The molecular weight excluding hydrogens is 316 g/mol. The van der Waals surface area contributed by atoms with E-state index in [-0.39, 0.29) is 5.56 Å². The topological polar surface area (TPSA) is 34.9 Å². The fourth-order valence-electron chi connectivity index (χ4n) is 2.74. The molecule has 24 heavy (non-hydrogen) atoms. The van der Waals surface area contributed by atoms with Crippen LogP contribution >= 0.6 is 11.3 Å². The fourth-order valence-corrected chi connectivity index (χ4v) is 3.81. The fraction of sp³-hybridized carbons (Fsp3) is 0.100. The molecule has 2 heterocycles. The summed E-state index contributed by atoms with van der Waals surface area (Å²) in [7, 11) is 0. The second kappa shape index (κ2) is 6.42. The van der Waals surface area contributed by atoms with Gasteiger partial charge in [-0.2, -0.15) is 0 Å². The average Bonchev–Trinajstić information content (AvgIpc) is 3.08. The van der Waals surface area contributed by atoms with Crippen molar-refractivity contribution in [1.82, 2.24) is 9.55 Å². The van der Waals surface area contributed by atoms with Crippen molar-refractivity contribution in [2.75, 3.05) is 0 Å². The van der Waals surface area contributed by atoms with Crippen LogP contribution in [0.2, 0.25) is 0 Å². The van der Waals surface area contributed by atoms with Gasteiger partial charge in [0, 0.05) is 11.4 Å². The Hall–Kier alpha value is -2.72. The molecular formula is C20H16N2OS. The van der Waals surface area contributed by atoms with Crippen LogP contribution in [0.5, 0.6) is 0 Å². The van der Waals surface area contributed by atoms with E-state index in [1.165, 1.54) is 16.9 Å². The number of hydrogen-bond donors (Lipinski definition) is 0. The summed E-state index contributed by atoms with van der Waals surface area (Å²) in [6.45, 7) is 0.643. The number of benzene rings is 2. The minimum atomic E-state index is 0.0445. The van der Waals surface area contributed by atoms with Crippen molar-refractivity contribution in [2.24, 2.45) is 0 Å². The second-order valence-corrected chi connectivity index (χ2v) is 6.72. The lowest BCUT2D eigenvalue weighted by atomic mass is 10.1. The summed E-state index contributed by atoms with van der Waals surface area (Å²) in [5, 5.41) is 0. The average molecular weight is 332 g/mol. The van der Waals surface area contributed by atoms with E-state index in [9.17, 15) is 4.79 Å². The van der Waals surface area contributed by atoms with E-state index in [4.69, 9.17) is 0 Å². The Labute approximate surface area is 143 Å². The van der Waals surface area contributed by atoms with E-state index in [2.05, 4.69) is 29.2 Å². The Morgan fingerprint density at radius 2 is 1.67 bits per heavy atom. The van der Waals surface area contributed by atoms with Gasteiger partial charge in [-0.3, -0.25) is 9.36 Å². The Kier molecular flexibility index (Phi) is 3.97. The van der Waals surface area contributed by atoms with Gasteiger partial charge in [-0.25, -0.2) is 4.98 Å². The molecule has 2 aromatic carbocycles. The Bertz CT molecular complexity index is 1020. The molecule has 0 atom stereocenters. The van der Waals surface area contributed by atoms with Gasteiger partial charge in [0.15, 0.2) is 0 Å². The Morgan fingerprint density at radius 3 is 2.42 bits per heavy atom. The molecule has 0 radical (unpaired) electrons. The lowest BCUT2D eigenvalue weighted by Crippen LogP contribution is -2.20. The van der Waals surface area contributed by atoms with Crippen molar-refractivity contribution >= 4 is 21.6 Å². The molecule has 0 aliphatic rings. The predicted octanol–water partition coefficient (Wildman–Crippen LogP) is 4.37. The minimum absolute atomic E-state index is 0.0445. The first-order chi connectivity index (χ1) is 11.8. The van der Waals surface area contributed by atoms with Crippen molar-refractivity contribution in [2.45, 2.75) is 13.0 Å². The molecule has 0 amide bonds. The number of aromatic nitrogens is 2. The van der Waals surface area contributed by atoms with Crippen LogP contribution in [0.25, 0.3) is 20.7 Å². The summed E-state index contributed by atoms with van der Waals surface area (Å²) in [4.78, 5) is 18.3. The monoisotopic (exact) mass is 332 g/mol. The van der Waals surface area contributed by atoms with E-state index in [1.807, 2.05) is 42.5 Å². The highest BCUT2D eigenvalue weighted by Gasteiger charge is 2.10. The van der Waals surface area contributed by atoms with E-state index < -0.39 is 0 Å². The van der Waals surface area contributed by atoms with Crippen LogP contribution in [0.1, 0.15) is 5.56 Å². The first kappa shape index (κ1) is 14.8. The molecule has 0 aliphatic carbocycles. The van der Waals surface area contributed by atoms with E-state index in [0.717, 1.165) is 27.1 Å². The van der Waals surface area contributed by atoms with Crippen molar-refractivity contribution in [3.05, 3.63) is 89.0 Å². The van der Waals surface area contributed by atoms with Crippen molar-refractivity contribution in [3.8, 4) is 10.4 Å². The van der Waals surface area contributed by atoms with Gasteiger partial charge in [-0.1, -0.05) is 60.7 Å². The smallest absolute Gasteiger partial charge is 0.271 e. The SMILES string of the molecule is O=c1c2sc(-c3ccccc3)cc2ncn1CCc1ccccc1. The normalized spacial score (nSPS) is 11.0. The molecule has 3 nitrogen and oxygen atoms in total. The van der Waals surface area contributed by atoms with Gasteiger partial charge < -0.3 is 0 Å². The molecule has 118 valence electrons. The summed E-state index contributed by atoms with van der Waals surface area (Å²) < 4.78 is 2.44. The largest absolute Gasteiger partial charge is 0.298 e. The molecule has 4 rings (SSSR count). The zero-order valence-electron chi connectivity index (χ0n) is 13.1. The van der Waals surface area contributed by atoms with Gasteiger partial charge in [0.2, 0.25) is 0 Å². The highest BCUT2D eigenvalue weighted by atomic mass is 32.1. The lowest BCUT2D eigenvalue weighted by Gasteiger charge is -2.05. The van der Waals surface area contributed by atoms with Crippen molar-refractivity contribution in [3.63, 3.8) is 0 Å². The third-order valence-electron chi connectivity index (χ3n) is 4.05. The summed E-state index contributed by atoms with van der Waals surface area (Å²) in [5.41, 5.74) is 3.17. The highest BCUT2D eigenvalue weighted by molar-refractivity contribution is 7.22. The van der Waals surface area contributed by atoms with Crippen molar-refractivity contribution < 1.29 is 0 Å². The van der Waals surface area contributed by atoms with Crippen LogP contribution in [0, 0.1) is 0 Å². The van der Waals surface area contributed by atoms with Gasteiger partial charge in [0.1, 0.15) is 4.70 Å².